The molecule has 0 bridgehead atoms. The number of esters is 3. The minimum absolute atomic E-state index is 0.0951. The van der Waals surface area contributed by atoms with Gasteiger partial charge >= 0.3 is 17.9 Å². The van der Waals surface area contributed by atoms with Gasteiger partial charge < -0.3 is 14.2 Å². The van der Waals surface area contributed by atoms with Crippen molar-refractivity contribution in [1.29, 1.82) is 0 Å². The van der Waals surface area contributed by atoms with Crippen LogP contribution in [0.2, 0.25) is 0 Å². The van der Waals surface area contributed by atoms with Gasteiger partial charge in [-0.2, -0.15) is 0 Å². The number of carbonyl (C=O) groups is 3. The fourth-order valence-corrected chi connectivity index (χ4v) is 5.85. The predicted octanol–water partition coefficient (Wildman–Crippen LogP) is 14.3. The summed E-state index contributed by atoms with van der Waals surface area (Å²) in [6.45, 7) is 6.30. The van der Waals surface area contributed by atoms with Crippen LogP contribution >= 0.6 is 0 Å². The van der Waals surface area contributed by atoms with Crippen LogP contribution in [0.4, 0.5) is 0 Å². The molecule has 0 aromatic rings. The van der Waals surface area contributed by atoms with Gasteiger partial charge in [-0.25, -0.2) is 0 Å². The van der Waals surface area contributed by atoms with Gasteiger partial charge in [0.25, 0.3) is 0 Å². The van der Waals surface area contributed by atoms with Crippen molar-refractivity contribution in [1.82, 2.24) is 0 Å². The highest BCUT2D eigenvalue weighted by Crippen LogP contribution is 2.13. The van der Waals surface area contributed by atoms with Crippen LogP contribution in [0.5, 0.6) is 0 Å². The fourth-order valence-electron chi connectivity index (χ4n) is 5.85. The third-order valence-electron chi connectivity index (χ3n) is 9.20. The topological polar surface area (TPSA) is 78.9 Å². The molecular formula is C49H82O6. The smallest absolute Gasteiger partial charge is 0.306 e. The van der Waals surface area contributed by atoms with Gasteiger partial charge in [-0.3, -0.25) is 14.4 Å². The van der Waals surface area contributed by atoms with Crippen molar-refractivity contribution in [3.05, 3.63) is 72.9 Å². The van der Waals surface area contributed by atoms with Crippen LogP contribution < -0.4 is 0 Å². The van der Waals surface area contributed by atoms with E-state index in [0.29, 0.717) is 19.3 Å². The molecule has 0 spiro atoms. The highest BCUT2D eigenvalue weighted by atomic mass is 16.6. The first-order valence-corrected chi connectivity index (χ1v) is 22.5. The van der Waals surface area contributed by atoms with E-state index >= 15 is 0 Å². The molecular weight excluding hydrogens is 685 g/mol. The Bertz CT molecular complexity index is 1070. The van der Waals surface area contributed by atoms with E-state index in [2.05, 4.69) is 93.7 Å². The van der Waals surface area contributed by atoms with Crippen LogP contribution in [-0.4, -0.2) is 37.2 Å². The number of rotatable bonds is 39. The molecule has 6 heteroatoms. The summed E-state index contributed by atoms with van der Waals surface area (Å²) in [7, 11) is 0. The zero-order chi connectivity index (χ0) is 40.1. The zero-order valence-corrected chi connectivity index (χ0v) is 35.7. The summed E-state index contributed by atoms with van der Waals surface area (Å²) in [6.07, 6.45) is 53.1. The summed E-state index contributed by atoms with van der Waals surface area (Å²) >= 11 is 0. The van der Waals surface area contributed by atoms with Crippen LogP contribution in [0.15, 0.2) is 72.9 Å². The Morgan fingerprint density at radius 2 is 0.764 bits per heavy atom. The molecule has 1 atom stereocenters. The number of hydrogen-bond donors (Lipinski definition) is 0. The Labute approximate surface area is 338 Å². The van der Waals surface area contributed by atoms with E-state index in [9.17, 15) is 14.4 Å². The molecule has 0 aromatic carbocycles. The number of unbranched alkanes of at least 4 members (excludes halogenated alkanes) is 17. The molecule has 0 heterocycles. The Morgan fingerprint density at radius 1 is 0.400 bits per heavy atom. The summed E-state index contributed by atoms with van der Waals surface area (Å²) in [5.74, 6) is -0.954. The highest BCUT2D eigenvalue weighted by molar-refractivity contribution is 5.71. The van der Waals surface area contributed by atoms with Gasteiger partial charge in [-0.05, 0) is 89.9 Å². The molecule has 0 saturated heterocycles. The fraction of sp³-hybridized carbons (Fsp3) is 0.694. The lowest BCUT2D eigenvalue weighted by Gasteiger charge is -2.18. The van der Waals surface area contributed by atoms with Crippen molar-refractivity contribution in [2.45, 2.75) is 207 Å². The summed E-state index contributed by atoms with van der Waals surface area (Å²) in [6, 6.07) is 0. The van der Waals surface area contributed by atoms with Crippen molar-refractivity contribution in [3.63, 3.8) is 0 Å². The Morgan fingerprint density at radius 3 is 1.22 bits per heavy atom. The molecule has 55 heavy (non-hydrogen) atoms. The second-order valence-electron chi connectivity index (χ2n) is 14.6. The van der Waals surface area contributed by atoms with Gasteiger partial charge in [-0.1, -0.05) is 164 Å². The molecule has 0 N–H and O–H groups in total. The first-order chi connectivity index (χ1) is 27.0. The normalized spacial score (nSPS) is 12.7. The molecule has 0 amide bonds. The lowest BCUT2D eigenvalue weighted by atomic mass is 10.1. The van der Waals surface area contributed by atoms with E-state index in [1.165, 1.54) is 38.5 Å². The maximum atomic E-state index is 12.7. The quantitative estimate of drug-likeness (QED) is 0.0204. The molecule has 0 aliphatic carbocycles. The van der Waals surface area contributed by atoms with Gasteiger partial charge in [0.1, 0.15) is 13.2 Å². The number of ether oxygens (including phenoxy) is 3. The van der Waals surface area contributed by atoms with Crippen molar-refractivity contribution < 1.29 is 28.6 Å². The largest absolute Gasteiger partial charge is 0.462 e. The molecule has 0 radical (unpaired) electrons. The van der Waals surface area contributed by atoms with Gasteiger partial charge in [0.05, 0.1) is 0 Å². The standard InChI is InChI=1S/C49H82O6/c1-4-7-10-13-16-19-22-24-25-28-30-33-36-39-42-48(51)54-45-46(44-53-47(50)41-38-35-32-29-26-21-18-15-12-9-6-3)55-49(52)43-40-37-34-31-27-23-20-17-14-11-8-5-2/h7-8,10-11,15-21,26,46H,4-6,9,12-14,22-25,27-45H2,1-3H3/b10-7-,11-8-,18-15-,19-16-,20-17-,26-21-. The molecule has 0 aliphatic heterocycles. The summed E-state index contributed by atoms with van der Waals surface area (Å²) in [4.78, 5) is 37.7. The minimum Gasteiger partial charge on any atom is -0.462 e. The SMILES string of the molecule is CC/C=C\C/C=C\CCCCCCCCCC(=O)OCC(COC(=O)CCCCC/C=C\C=C/CCCC)OC(=O)CCCCCCC/C=C\C/C=C\CC. The van der Waals surface area contributed by atoms with Gasteiger partial charge in [0, 0.05) is 19.3 Å². The first kappa shape index (κ1) is 51.9. The number of hydrogen-bond acceptors (Lipinski definition) is 6. The van der Waals surface area contributed by atoms with E-state index in [4.69, 9.17) is 14.2 Å². The van der Waals surface area contributed by atoms with Crippen molar-refractivity contribution in [2.24, 2.45) is 0 Å². The molecule has 6 nitrogen and oxygen atoms in total. The van der Waals surface area contributed by atoms with Crippen molar-refractivity contribution >= 4 is 17.9 Å². The van der Waals surface area contributed by atoms with E-state index in [0.717, 1.165) is 122 Å². The van der Waals surface area contributed by atoms with Crippen LogP contribution in [0.3, 0.4) is 0 Å². The first-order valence-electron chi connectivity index (χ1n) is 22.5. The summed E-state index contributed by atoms with van der Waals surface area (Å²) < 4.78 is 16.6. The lowest BCUT2D eigenvalue weighted by Crippen LogP contribution is -2.30. The molecule has 0 aromatic heterocycles. The third kappa shape index (κ3) is 41.8. The predicted molar refractivity (Wildman–Crippen MR) is 233 cm³/mol. The molecule has 0 aliphatic rings. The van der Waals surface area contributed by atoms with Crippen LogP contribution in [0.25, 0.3) is 0 Å². The molecule has 0 fully saturated rings. The van der Waals surface area contributed by atoms with Gasteiger partial charge in [-0.15, -0.1) is 0 Å². The second kappa shape index (κ2) is 43.6. The molecule has 314 valence electrons. The van der Waals surface area contributed by atoms with Gasteiger partial charge in [0.2, 0.25) is 0 Å². The van der Waals surface area contributed by atoms with E-state index in [-0.39, 0.29) is 31.1 Å². The van der Waals surface area contributed by atoms with Gasteiger partial charge in [0.15, 0.2) is 6.10 Å². The molecule has 0 rings (SSSR count). The average Bonchev–Trinajstić information content (AvgIpc) is 3.18. The summed E-state index contributed by atoms with van der Waals surface area (Å²) in [5.41, 5.74) is 0. The highest BCUT2D eigenvalue weighted by Gasteiger charge is 2.19. The van der Waals surface area contributed by atoms with Crippen LogP contribution in [0.1, 0.15) is 201 Å². The van der Waals surface area contributed by atoms with Crippen LogP contribution in [-0.2, 0) is 28.6 Å². The van der Waals surface area contributed by atoms with Crippen molar-refractivity contribution in [2.75, 3.05) is 13.2 Å². The summed E-state index contributed by atoms with van der Waals surface area (Å²) in [5, 5.41) is 0. The van der Waals surface area contributed by atoms with Crippen LogP contribution in [0, 0.1) is 0 Å². The van der Waals surface area contributed by atoms with E-state index < -0.39 is 6.10 Å². The maximum Gasteiger partial charge on any atom is 0.306 e. The zero-order valence-electron chi connectivity index (χ0n) is 35.7. The monoisotopic (exact) mass is 767 g/mol. The maximum absolute atomic E-state index is 12.7. The Hall–Kier alpha value is -3.15. The number of allylic oxidation sites excluding steroid dienone is 12. The number of carbonyl (C=O) groups excluding carboxylic acids is 3. The Kier molecular flexibility index (Phi) is 41.1. The van der Waals surface area contributed by atoms with E-state index in [1.54, 1.807) is 0 Å². The lowest BCUT2D eigenvalue weighted by molar-refractivity contribution is -0.167. The second-order valence-corrected chi connectivity index (χ2v) is 14.6. The molecule has 1 unspecified atom stereocenters. The minimum atomic E-state index is -0.794. The average molecular weight is 767 g/mol. The van der Waals surface area contributed by atoms with Crippen molar-refractivity contribution in [3.8, 4) is 0 Å². The molecule has 0 saturated carbocycles. The third-order valence-corrected chi connectivity index (χ3v) is 9.20. The van der Waals surface area contributed by atoms with E-state index in [1.807, 2.05) is 0 Å². The Balaban J connectivity index is 4.44.